The number of carbonyl (C=O) groups excluding carboxylic acids is 2. The van der Waals surface area contributed by atoms with Crippen molar-refractivity contribution in [3.63, 3.8) is 0 Å². The zero-order chi connectivity index (χ0) is 62.7. The van der Waals surface area contributed by atoms with E-state index in [1.165, 1.54) is 40.2 Å². The number of ketones is 1. The van der Waals surface area contributed by atoms with Gasteiger partial charge in [0, 0.05) is 56.9 Å². The van der Waals surface area contributed by atoms with E-state index in [0.29, 0.717) is 25.0 Å². The zero-order valence-electron chi connectivity index (χ0n) is 48.8. The Labute approximate surface area is 525 Å². The molecule has 6 fully saturated rings. The number of thioether (sulfide) groups is 1. The van der Waals surface area contributed by atoms with Gasteiger partial charge < -0.3 is 110 Å². The van der Waals surface area contributed by atoms with Gasteiger partial charge in [0.2, 0.25) is 12.1 Å². The molecule has 0 saturated carbocycles. The third-order valence-electron chi connectivity index (χ3n) is 11.8. The van der Waals surface area contributed by atoms with Crippen molar-refractivity contribution in [1.29, 1.82) is 0 Å². The molecule has 11 N–H and O–H groups in total. The van der Waals surface area contributed by atoms with Crippen molar-refractivity contribution < 1.29 is 194 Å². The molecule has 9 unspecified atom stereocenters. The Morgan fingerprint density at radius 2 is 1.10 bits per heavy atom. The molecular weight excluding hydrogens is 1190 g/mol. The molecule has 6 aliphatic rings. The number of rotatable bonds is 17. The number of aliphatic hydroxyl groups excluding tert-OH is 11. The summed E-state index contributed by atoms with van der Waals surface area (Å²) < 4.78 is 114. The van der Waals surface area contributed by atoms with Crippen LogP contribution >= 0.6 is 32.6 Å². The maximum Gasteiger partial charge on any atom is 1.00 e. The fraction of sp³-hybridized carbons (Fsp3) is 0.833. The Morgan fingerprint density at radius 1 is 0.667 bits per heavy atom. The van der Waals surface area contributed by atoms with Gasteiger partial charge in [-0.25, -0.2) is 13.2 Å². The Bertz CT molecular complexity index is 1610. The second-order valence-corrected chi connectivity index (χ2v) is 19.0. The van der Waals surface area contributed by atoms with Crippen LogP contribution in [0, 0.1) is 0 Å². The summed E-state index contributed by atoms with van der Waals surface area (Å²) in [6, 6.07) is 8.74. The quantitative estimate of drug-likeness (QED) is 0.0245. The maximum absolute atomic E-state index is 13.0. The van der Waals surface area contributed by atoms with E-state index in [1.54, 1.807) is 45.2 Å². The smallest absolute Gasteiger partial charge is 1.00 e. The fourth-order valence-electron chi connectivity index (χ4n) is 7.26. The maximum atomic E-state index is 13.0. The topological polar surface area (TPSA) is 362 Å². The van der Waals surface area contributed by atoms with Crippen molar-refractivity contribution in [3.8, 4) is 0 Å². The van der Waals surface area contributed by atoms with Crippen molar-refractivity contribution in [2.45, 2.75) is 181 Å². The first-order chi connectivity index (χ1) is 38.4. The Morgan fingerprint density at radius 3 is 1.38 bits per heavy atom. The number of aliphatic hydroxyl groups is 11. The Balaban J connectivity index is -0.000000431. The number of fused-ring (bicyclic) bond motifs is 1. The summed E-state index contributed by atoms with van der Waals surface area (Å²) >= 11 is 6.66. The number of hydrogen-bond donors (Lipinski definition) is 11. The normalized spacial score (nSPS) is 34.3. The van der Waals surface area contributed by atoms with Crippen LogP contribution in [0.1, 0.15) is 53.7 Å². The summed E-state index contributed by atoms with van der Waals surface area (Å²) in [5.41, 5.74) is 0.541. The largest absolute Gasteiger partial charge is 1.00 e. The van der Waals surface area contributed by atoms with E-state index in [4.69, 9.17) is 106 Å². The number of carbonyl (C=O) groups is 2. The van der Waals surface area contributed by atoms with Gasteiger partial charge in [-0.1, -0.05) is 64.7 Å². The minimum absolute atomic E-state index is 0. The van der Waals surface area contributed by atoms with Crippen molar-refractivity contribution in [3.05, 3.63) is 35.9 Å². The van der Waals surface area contributed by atoms with Gasteiger partial charge in [0.05, 0.1) is 44.7 Å². The predicted octanol–water partition coefficient (Wildman–Crippen LogP) is -2.90. The minimum Gasteiger partial charge on any atom is -1.00 e. The van der Waals surface area contributed by atoms with Gasteiger partial charge in [0.15, 0.2) is 43.7 Å². The predicted molar refractivity (Wildman–Crippen MR) is 281 cm³/mol. The SMILES string of the molecule is CCSC(C)C(O)C(O)C(O)CO.CC[C@H]1O[C@H](OC)C(=O)[C@H]1F.CC[C@H]1O[C@H](OC)C(O)[C@H]1F.CO[C@H]1O[C@H](CO)[C@H](F)C1O.CO[C@H]1O[C@H](CO)[C@H](O)C1O.CO[C@H]1O[C@H](CO)[C@H]2OC12.FF.O=C(Cl)c1ccccc1.[2H]CP.[H-].[K+]. The summed E-state index contributed by atoms with van der Waals surface area (Å²) in [6.45, 7) is 6.42. The van der Waals surface area contributed by atoms with Gasteiger partial charge in [-0.05, 0) is 30.2 Å². The van der Waals surface area contributed by atoms with Gasteiger partial charge in [0.1, 0.15) is 67.1 Å². The molecule has 0 amide bonds. The number of benzene rings is 1. The number of ether oxygens (including phenoxy) is 11. The van der Waals surface area contributed by atoms with Crippen LogP contribution in [-0.2, 0) is 56.9 Å². The third kappa shape index (κ3) is 28.4. The molecule has 24 nitrogen and oxygen atoms in total. The van der Waals surface area contributed by atoms with Gasteiger partial charge in [-0.3, -0.25) is 9.59 Å². The number of hydrogen-bond acceptors (Lipinski definition) is 25. The van der Waals surface area contributed by atoms with Crippen molar-refractivity contribution in [2.24, 2.45) is 0 Å². The number of alkyl halides is 3. The summed E-state index contributed by atoms with van der Waals surface area (Å²) in [7, 11) is 9.20. The molecule has 0 spiro atoms. The van der Waals surface area contributed by atoms with E-state index in [2.05, 4.69) is 23.5 Å². The molecule has 0 bridgehead atoms. The molecule has 6 heterocycles. The molecular formula is C48H86ClF5KO24PS. The summed E-state index contributed by atoms with van der Waals surface area (Å²) in [5.74, 6) is 0.236. The first-order valence-electron chi connectivity index (χ1n) is 25.4. The number of Topliss-reactive ketones (excluding diaryl/α,β-unsaturated/α-hetero) is 1. The second-order valence-electron chi connectivity index (χ2n) is 17.0. The van der Waals surface area contributed by atoms with Crippen LogP contribution in [0.3, 0.4) is 0 Å². The van der Waals surface area contributed by atoms with Crippen LogP contribution in [-0.4, -0.2) is 282 Å². The van der Waals surface area contributed by atoms with E-state index in [1.807, 2.05) is 19.9 Å². The number of halogens is 6. The second kappa shape index (κ2) is 48.0. The molecule has 0 aliphatic carbocycles. The summed E-state index contributed by atoms with van der Waals surface area (Å²) in [4.78, 5) is 21.3. The average molecular weight is 1280 g/mol. The first kappa shape index (κ1) is 83.1. The van der Waals surface area contributed by atoms with Crippen LogP contribution in [0.25, 0.3) is 0 Å². The number of epoxide rings is 1. The van der Waals surface area contributed by atoms with Crippen LogP contribution in [0.15, 0.2) is 30.3 Å². The Hall–Kier alpha value is 0.0364. The monoisotopic (exact) mass is 1280 g/mol. The zero-order valence-corrected chi connectivity index (χ0v) is 52.7. The van der Waals surface area contributed by atoms with Crippen LogP contribution in [0.2, 0.25) is 0 Å². The van der Waals surface area contributed by atoms with E-state index >= 15 is 0 Å². The number of methoxy groups -OCH3 is 5. The van der Waals surface area contributed by atoms with Crippen molar-refractivity contribution in [2.75, 3.05) is 74.4 Å². The fourth-order valence-corrected chi connectivity index (χ4v) is 8.27. The van der Waals surface area contributed by atoms with Gasteiger partial charge in [-0.2, -0.15) is 11.8 Å². The van der Waals surface area contributed by atoms with Crippen LogP contribution < -0.4 is 51.4 Å². The van der Waals surface area contributed by atoms with Gasteiger partial charge in [-0.15, -0.1) is 9.24 Å². The molecule has 6 saturated heterocycles. The molecule has 7 rings (SSSR count). The van der Waals surface area contributed by atoms with E-state index in [0.717, 1.165) is 5.75 Å². The van der Waals surface area contributed by atoms with Crippen molar-refractivity contribution in [1.82, 2.24) is 0 Å². The molecule has 24 atom stereocenters. The summed E-state index contributed by atoms with van der Waals surface area (Å²) in [5, 5.41) is 98.1. The van der Waals surface area contributed by atoms with E-state index < -0.39 is 135 Å². The van der Waals surface area contributed by atoms with Crippen LogP contribution in [0.5, 0.6) is 0 Å². The molecule has 81 heavy (non-hydrogen) atoms. The van der Waals surface area contributed by atoms with Gasteiger partial charge >= 0.3 is 51.4 Å². The average Bonchev–Trinajstić information content (AvgIpc) is 3.70. The molecule has 6 aliphatic heterocycles. The van der Waals surface area contributed by atoms with Crippen LogP contribution in [0.4, 0.5) is 22.3 Å². The van der Waals surface area contributed by atoms with E-state index in [-0.39, 0.29) is 95.9 Å². The first-order valence-corrected chi connectivity index (χ1v) is 26.9. The van der Waals surface area contributed by atoms with Crippen molar-refractivity contribution >= 4 is 43.6 Å². The molecule has 1 aromatic rings. The molecule has 33 heteroatoms. The molecule has 1 aromatic carbocycles. The summed E-state index contributed by atoms with van der Waals surface area (Å²) in [6.07, 6.45) is -18.2. The molecule has 0 radical (unpaired) electrons. The van der Waals surface area contributed by atoms with E-state index in [9.17, 15) is 33.0 Å². The molecule has 476 valence electrons. The molecule has 0 aromatic heterocycles. The minimum atomic E-state index is -1.56. The third-order valence-corrected chi connectivity index (χ3v) is 13.2. The Kier molecular flexibility index (Phi) is 49.3. The van der Waals surface area contributed by atoms with Gasteiger partial charge in [0.25, 0.3) is 5.24 Å². The standard InChI is InChI=1S/C8H18O4S.C7H5ClO.C7H13FO3.C7H11FO3.C6H11FO4.C6H12O5.C6H10O4.CH5P.F2.K.H/c1-3-13-5(2)7(11)8(12)6(10)4-9;8-7(9)6-4-2-1-3-5-6;2*1-3-4-5(8)6(9)7(10-2)11-4;1-10-6-5(9)4(7)3(2-8)11-6;1-10-6-5(9)4(8)3(2-7)11-6;1-8-6-5-4(10-5)3(2-7)9-6;2*1-2;;/h5-12H,3-4H2,1-2H3;1-5H;4-7,9H,3H2,1-2H3;4-5,7H,3H2,1-2H3;3-6,8-9H,2H2,1H3;3-9H,2H2,1H3;3-7H,2H2,1H3;2H2,1H3;;;/q;;;;;;;;;+1;-1/t;;4-,5+,6?,7+;4-,5+,7+;2*3-,4+,5?,6+;3-,4-,5?,6+;;;;/m..11111..../s1/i;;;;;;;1D;;;.